The third-order valence-electron chi connectivity index (χ3n) is 5.80. The highest BCUT2D eigenvalue weighted by atomic mass is 32.2. The van der Waals surface area contributed by atoms with Gasteiger partial charge in [0.25, 0.3) is 0 Å². The minimum atomic E-state index is -4.05. The maximum absolute atomic E-state index is 12.9. The normalized spacial score (nSPS) is 15.7. The number of benzene rings is 2. The van der Waals surface area contributed by atoms with E-state index in [9.17, 15) is 23.1 Å². The monoisotopic (exact) mass is 475 g/mol. The van der Waals surface area contributed by atoms with Crippen LogP contribution >= 0.6 is 0 Å². The Morgan fingerprint density at radius 1 is 1.03 bits per heavy atom. The van der Waals surface area contributed by atoms with Crippen molar-refractivity contribution in [2.45, 2.75) is 23.8 Å². The molecular formula is C23H29N3O6S. The minimum absolute atomic E-state index is 0.00812. The molecular weight excluding hydrogens is 446 g/mol. The first-order chi connectivity index (χ1) is 15.6. The predicted octanol–water partition coefficient (Wildman–Crippen LogP) is 2.49. The number of piperidine rings is 1. The maximum atomic E-state index is 12.9. The lowest BCUT2D eigenvalue weighted by molar-refractivity contribution is -0.140. The molecule has 0 aliphatic carbocycles. The van der Waals surface area contributed by atoms with Crippen LogP contribution in [0.5, 0.6) is 5.75 Å². The molecule has 0 aromatic heterocycles. The molecule has 0 spiro atoms. The zero-order valence-corrected chi connectivity index (χ0v) is 19.7. The number of nitrogens with one attached hydrogen (secondary N) is 1. The van der Waals surface area contributed by atoms with Gasteiger partial charge in [-0.15, -0.1) is 0 Å². The number of hydrogen-bond acceptors (Lipinski definition) is 5. The first-order valence-electron chi connectivity index (χ1n) is 10.6. The number of aliphatic carboxylic acids is 1. The van der Waals surface area contributed by atoms with Crippen LogP contribution in [0.4, 0.5) is 4.79 Å². The second-order valence-electron chi connectivity index (χ2n) is 8.19. The molecule has 1 saturated heterocycles. The first kappa shape index (κ1) is 24.5. The van der Waals surface area contributed by atoms with E-state index in [-0.39, 0.29) is 10.9 Å². The fraction of sp³-hybridized carbons (Fsp3) is 0.391. The average Bonchev–Trinajstić information content (AvgIpc) is 2.82. The van der Waals surface area contributed by atoms with Crippen molar-refractivity contribution in [2.24, 2.45) is 5.92 Å². The Morgan fingerprint density at radius 2 is 1.55 bits per heavy atom. The molecule has 2 aromatic rings. The second kappa shape index (κ2) is 10.2. The largest absolute Gasteiger partial charge is 0.497 e. The molecule has 1 heterocycles. The Morgan fingerprint density at radius 3 is 2.00 bits per heavy atom. The summed E-state index contributed by atoms with van der Waals surface area (Å²) in [5, 5.41) is 9.71. The van der Waals surface area contributed by atoms with E-state index in [4.69, 9.17) is 4.74 Å². The van der Waals surface area contributed by atoms with Gasteiger partial charge in [0.05, 0.1) is 12.0 Å². The molecule has 1 unspecified atom stereocenters. The van der Waals surface area contributed by atoms with Crippen molar-refractivity contribution in [3.8, 4) is 16.9 Å². The molecule has 0 bridgehead atoms. The van der Waals surface area contributed by atoms with Crippen LogP contribution in [0.15, 0.2) is 53.4 Å². The van der Waals surface area contributed by atoms with E-state index in [0.29, 0.717) is 25.9 Å². The van der Waals surface area contributed by atoms with Gasteiger partial charge in [0, 0.05) is 27.2 Å². The van der Waals surface area contributed by atoms with Gasteiger partial charge < -0.3 is 19.6 Å². The zero-order chi connectivity index (χ0) is 24.2. The molecule has 0 radical (unpaired) electrons. The summed E-state index contributed by atoms with van der Waals surface area (Å²) in [5.41, 5.74) is 1.72. The summed E-state index contributed by atoms with van der Waals surface area (Å²) in [6, 6.07) is 12.2. The number of likely N-dealkylation sites (tertiary alicyclic amines) is 1. The molecule has 10 heteroatoms. The Bertz CT molecular complexity index is 1080. The van der Waals surface area contributed by atoms with Crippen molar-refractivity contribution >= 4 is 22.0 Å². The summed E-state index contributed by atoms with van der Waals surface area (Å²) >= 11 is 0. The summed E-state index contributed by atoms with van der Waals surface area (Å²) in [7, 11) is 0.846. The zero-order valence-electron chi connectivity index (χ0n) is 18.9. The van der Waals surface area contributed by atoms with Crippen molar-refractivity contribution in [2.75, 3.05) is 34.3 Å². The molecule has 9 nitrogen and oxygen atoms in total. The van der Waals surface area contributed by atoms with Crippen LogP contribution in [0.25, 0.3) is 11.1 Å². The van der Waals surface area contributed by atoms with Crippen LogP contribution in [-0.2, 0) is 14.8 Å². The van der Waals surface area contributed by atoms with E-state index < -0.39 is 28.0 Å². The maximum Gasteiger partial charge on any atom is 0.322 e. The standard InChI is InChI=1S/C23H29N3O6S/c1-25(2)23(29)26-14-12-18(13-15-26)21(22(27)28)24-33(30,31)20-10-6-17(7-11-20)16-4-8-19(32-3)9-5-16/h4-11,18,21,24H,12-15H2,1-3H3,(H,27,28). The van der Waals surface area contributed by atoms with E-state index in [1.165, 1.54) is 17.0 Å². The van der Waals surface area contributed by atoms with Crippen molar-refractivity contribution in [1.82, 2.24) is 14.5 Å². The number of carbonyl (C=O) groups is 2. The van der Waals surface area contributed by atoms with Gasteiger partial charge in [-0.05, 0) is 54.2 Å². The van der Waals surface area contributed by atoms with Gasteiger partial charge in [0.1, 0.15) is 11.8 Å². The summed E-state index contributed by atoms with van der Waals surface area (Å²) in [6.07, 6.45) is 0.797. The van der Waals surface area contributed by atoms with Gasteiger partial charge in [0.2, 0.25) is 10.0 Å². The van der Waals surface area contributed by atoms with Crippen molar-refractivity contribution < 1.29 is 27.9 Å². The summed E-state index contributed by atoms with van der Waals surface area (Å²) in [4.78, 5) is 27.1. The third-order valence-corrected chi connectivity index (χ3v) is 7.26. The highest BCUT2D eigenvalue weighted by Crippen LogP contribution is 2.26. The lowest BCUT2D eigenvalue weighted by Gasteiger charge is -2.35. The van der Waals surface area contributed by atoms with Gasteiger partial charge in [-0.1, -0.05) is 24.3 Å². The van der Waals surface area contributed by atoms with Crippen LogP contribution in [0.2, 0.25) is 0 Å². The summed E-state index contributed by atoms with van der Waals surface area (Å²) < 4.78 is 33.3. The molecule has 178 valence electrons. The van der Waals surface area contributed by atoms with Crippen LogP contribution in [-0.4, -0.2) is 75.7 Å². The van der Waals surface area contributed by atoms with Gasteiger partial charge in [-0.3, -0.25) is 4.79 Å². The number of carboxylic acids is 1. The van der Waals surface area contributed by atoms with Crippen LogP contribution in [0.1, 0.15) is 12.8 Å². The van der Waals surface area contributed by atoms with E-state index in [1.807, 2.05) is 24.3 Å². The van der Waals surface area contributed by atoms with E-state index in [1.54, 1.807) is 38.2 Å². The van der Waals surface area contributed by atoms with Gasteiger partial charge in [-0.25, -0.2) is 13.2 Å². The molecule has 33 heavy (non-hydrogen) atoms. The molecule has 1 atom stereocenters. The number of methoxy groups -OCH3 is 1. The quantitative estimate of drug-likeness (QED) is 0.636. The molecule has 1 fully saturated rings. The number of carbonyl (C=O) groups excluding carboxylic acids is 1. The average molecular weight is 476 g/mol. The van der Waals surface area contributed by atoms with Crippen molar-refractivity contribution in [3.05, 3.63) is 48.5 Å². The Kier molecular flexibility index (Phi) is 7.60. The number of urea groups is 1. The molecule has 2 N–H and O–H groups in total. The summed E-state index contributed by atoms with van der Waals surface area (Å²) in [6.45, 7) is 0.757. The predicted molar refractivity (Wildman–Crippen MR) is 124 cm³/mol. The fourth-order valence-corrected chi connectivity index (χ4v) is 5.16. The first-order valence-corrected chi connectivity index (χ1v) is 12.1. The van der Waals surface area contributed by atoms with Crippen LogP contribution in [0, 0.1) is 5.92 Å². The second-order valence-corrected chi connectivity index (χ2v) is 9.91. The number of rotatable bonds is 7. The van der Waals surface area contributed by atoms with Gasteiger partial charge in [-0.2, -0.15) is 4.72 Å². The number of sulfonamides is 1. The van der Waals surface area contributed by atoms with E-state index in [2.05, 4.69) is 4.72 Å². The lowest BCUT2D eigenvalue weighted by Crippen LogP contribution is -2.51. The van der Waals surface area contributed by atoms with E-state index >= 15 is 0 Å². The minimum Gasteiger partial charge on any atom is -0.497 e. The molecule has 3 rings (SSSR count). The SMILES string of the molecule is COc1ccc(-c2ccc(S(=O)(=O)NC(C(=O)O)C3CCN(C(=O)N(C)C)CC3)cc2)cc1. The molecule has 1 aliphatic rings. The van der Waals surface area contributed by atoms with Crippen LogP contribution < -0.4 is 9.46 Å². The molecule has 1 aliphatic heterocycles. The number of carboxylic acid groups (broad SMARTS) is 1. The van der Waals surface area contributed by atoms with Gasteiger partial charge >= 0.3 is 12.0 Å². The Labute approximate surface area is 194 Å². The van der Waals surface area contributed by atoms with Crippen LogP contribution in [0.3, 0.4) is 0 Å². The Hall–Kier alpha value is -3.11. The van der Waals surface area contributed by atoms with Crippen molar-refractivity contribution in [1.29, 1.82) is 0 Å². The third kappa shape index (κ3) is 5.82. The number of ether oxygens (including phenoxy) is 1. The van der Waals surface area contributed by atoms with Crippen molar-refractivity contribution in [3.63, 3.8) is 0 Å². The highest BCUT2D eigenvalue weighted by Gasteiger charge is 2.36. The molecule has 2 amide bonds. The topological polar surface area (TPSA) is 116 Å². The van der Waals surface area contributed by atoms with Gasteiger partial charge in [0.15, 0.2) is 0 Å². The fourth-order valence-electron chi connectivity index (χ4n) is 3.90. The molecule has 2 aromatic carbocycles. The summed E-state index contributed by atoms with van der Waals surface area (Å²) in [5.74, 6) is -0.924. The smallest absolute Gasteiger partial charge is 0.322 e. The van der Waals surface area contributed by atoms with E-state index in [0.717, 1.165) is 16.9 Å². The number of hydrogen-bond donors (Lipinski definition) is 2. The highest BCUT2D eigenvalue weighted by molar-refractivity contribution is 7.89. The lowest BCUT2D eigenvalue weighted by atomic mass is 9.90. The Balaban J connectivity index is 1.70. The molecule has 0 saturated carbocycles. The number of nitrogens with zero attached hydrogens (tertiary/aromatic N) is 2. The number of amides is 2.